The summed E-state index contributed by atoms with van der Waals surface area (Å²) < 4.78 is 2.06. The Morgan fingerprint density at radius 2 is 1.75 bits per heavy atom. The Labute approximate surface area is 101 Å². The normalized spacial score (nSPS) is 11.0. The van der Waals surface area contributed by atoms with Crippen LogP contribution in [0.25, 0.3) is 11.1 Å². The van der Waals surface area contributed by atoms with E-state index in [1.807, 2.05) is 36.5 Å². The van der Waals surface area contributed by atoms with Gasteiger partial charge < -0.3 is 10.3 Å². The van der Waals surface area contributed by atoms with Crippen molar-refractivity contribution in [1.82, 2.24) is 4.57 Å². The van der Waals surface area contributed by atoms with Crippen LogP contribution < -0.4 is 5.73 Å². The largest absolute Gasteiger partial charge is 0.385 e. The summed E-state index contributed by atoms with van der Waals surface area (Å²) >= 11 is 5.86. The van der Waals surface area contributed by atoms with Crippen LogP contribution in [-0.4, -0.2) is 4.57 Å². The lowest BCUT2D eigenvalue weighted by molar-refractivity contribution is 0.612. The molecule has 0 atom stereocenters. The summed E-state index contributed by atoms with van der Waals surface area (Å²) in [5.74, 6) is 0.803. The van der Waals surface area contributed by atoms with Gasteiger partial charge in [-0.05, 0) is 37.6 Å². The number of benzene rings is 1. The van der Waals surface area contributed by atoms with Crippen LogP contribution in [0.1, 0.15) is 19.9 Å². The second-order valence-electron chi connectivity index (χ2n) is 4.12. The van der Waals surface area contributed by atoms with E-state index in [-0.39, 0.29) is 0 Å². The highest BCUT2D eigenvalue weighted by atomic mass is 35.5. The summed E-state index contributed by atoms with van der Waals surface area (Å²) in [5, 5.41) is 0.741. The molecule has 0 aliphatic carbocycles. The zero-order chi connectivity index (χ0) is 11.7. The van der Waals surface area contributed by atoms with Gasteiger partial charge in [-0.2, -0.15) is 0 Å². The van der Waals surface area contributed by atoms with E-state index in [1.165, 1.54) is 0 Å². The molecule has 2 aromatic rings. The van der Waals surface area contributed by atoms with Crippen LogP contribution in [0.4, 0.5) is 5.82 Å². The second kappa shape index (κ2) is 4.22. The monoisotopic (exact) mass is 234 g/mol. The van der Waals surface area contributed by atoms with E-state index >= 15 is 0 Å². The fourth-order valence-corrected chi connectivity index (χ4v) is 1.91. The molecule has 2 nitrogen and oxygen atoms in total. The van der Waals surface area contributed by atoms with Crippen molar-refractivity contribution < 1.29 is 0 Å². The molecule has 2 rings (SSSR count). The molecule has 0 amide bonds. The van der Waals surface area contributed by atoms with Crippen LogP contribution >= 0.6 is 11.6 Å². The summed E-state index contributed by atoms with van der Waals surface area (Å²) in [6.07, 6.45) is 2.02. The highest BCUT2D eigenvalue weighted by Gasteiger charge is 2.09. The van der Waals surface area contributed by atoms with E-state index in [9.17, 15) is 0 Å². The fraction of sp³-hybridized carbons (Fsp3) is 0.231. The molecule has 16 heavy (non-hydrogen) atoms. The van der Waals surface area contributed by atoms with Crippen molar-refractivity contribution in [2.24, 2.45) is 0 Å². The number of hydrogen-bond acceptors (Lipinski definition) is 1. The highest BCUT2D eigenvalue weighted by Crippen LogP contribution is 2.29. The van der Waals surface area contributed by atoms with Gasteiger partial charge >= 0.3 is 0 Å². The van der Waals surface area contributed by atoms with E-state index in [0.29, 0.717) is 6.04 Å². The molecule has 2 N–H and O–H groups in total. The Kier molecular flexibility index (Phi) is 2.92. The average molecular weight is 235 g/mol. The molecule has 0 saturated heterocycles. The molecule has 0 saturated carbocycles. The maximum atomic E-state index is 6.10. The summed E-state index contributed by atoms with van der Waals surface area (Å²) in [7, 11) is 0. The minimum Gasteiger partial charge on any atom is -0.385 e. The summed E-state index contributed by atoms with van der Waals surface area (Å²) in [6.45, 7) is 4.23. The Hall–Kier alpha value is -1.41. The van der Waals surface area contributed by atoms with Crippen molar-refractivity contribution in [3.63, 3.8) is 0 Å². The molecule has 0 unspecified atom stereocenters. The first-order valence-corrected chi connectivity index (χ1v) is 5.69. The number of rotatable bonds is 2. The molecule has 0 bridgehead atoms. The fourth-order valence-electron chi connectivity index (χ4n) is 1.78. The molecule has 3 heteroatoms. The van der Waals surface area contributed by atoms with Crippen molar-refractivity contribution in [1.29, 1.82) is 0 Å². The zero-order valence-corrected chi connectivity index (χ0v) is 10.2. The number of anilines is 1. The predicted molar refractivity (Wildman–Crippen MR) is 69.7 cm³/mol. The quantitative estimate of drug-likeness (QED) is 0.838. The molecule has 0 fully saturated rings. The van der Waals surface area contributed by atoms with Crippen LogP contribution in [-0.2, 0) is 0 Å². The van der Waals surface area contributed by atoms with Crippen molar-refractivity contribution >= 4 is 17.4 Å². The molecule has 0 radical (unpaired) electrons. The first-order chi connectivity index (χ1) is 7.59. The molecule has 1 aromatic heterocycles. The van der Waals surface area contributed by atoms with Crippen LogP contribution in [0.5, 0.6) is 0 Å². The zero-order valence-electron chi connectivity index (χ0n) is 9.44. The van der Waals surface area contributed by atoms with Gasteiger partial charge in [-0.25, -0.2) is 0 Å². The molecular weight excluding hydrogens is 220 g/mol. The van der Waals surface area contributed by atoms with Gasteiger partial charge in [0, 0.05) is 22.8 Å². The second-order valence-corrected chi connectivity index (χ2v) is 4.56. The van der Waals surface area contributed by atoms with Crippen molar-refractivity contribution in [2.45, 2.75) is 19.9 Å². The minimum atomic E-state index is 0.376. The topological polar surface area (TPSA) is 30.9 Å². The van der Waals surface area contributed by atoms with Gasteiger partial charge in [0.25, 0.3) is 0 Å². The number of halogens is 1. The van der Waals surface area contributed by atoms with Gasteiger partial charge in [0.05, 0.1) is 0 Å². The molecular formula is C13H15ClN2. The third-order valence-corrected chi connectivity index (χ3v) is 2.92. The summed E-state index contributed by atoms with van der Waals surface area (Å²) in [4.78, 5) is 0. The third kappa shape index (κ3) is 1.93. The van der Waals surface area contributed by atoms with E-state index < -0.39 is 0 Å². The lowest BCUT2D eigenvalue weighted by Gasteiger charge is -2.10. The number of aromatic nitrogens is 1. The van der Waals surface area contributed by atoms with Crippen LogP contribution in [0, 0.1) is 0 Å². The number of nitrogens with two attached hydrogens (primary N) is 1. The minimum absolute atomic E-state index is 0.376. The summed E-state index contributed by atoms with van der Waals surface area (Å²) in [5.41, 5.74) is 8.26. The Bertz CT molecular complexity index is 483. The van der Waals surface area contributed by atoms with E-state index in [2.05, 4.69) is 18.4 Å². The number of hydrogen-bond donors (Lipinski definition) is 1. The Morgan fingerprint density at radius 3 is 2.25 bits per heavy atom. The van der Waals surface area contributed by atoms with Gasteiger partial charge in [-0.1, -0.05) is 23.7 Å². The van der Waals surface area contributed by atoms with Crippen LogP contribution in [0.15, 0.2) is 36.5 Å². The standard InChI is InChI=1S/C13H15ClN2/c1-9(2)16-8-7-12(13(16)15)10-3-5-11(14)6-4-10/h3-9H,15H2,1-2H3. The van der Waals surface area contributed by atoms with E-state index in [4.69, 9.17) is 17.3 Å². The van der Waals surface area contributed by atoms with Crippen molar-refractivity contribution in [3.05, 3.63) is 41.6 Å². The predicted octanol–water partition coefficient (Wildman–Crippen LogP) is 3.97. The van der Waals surface area contributed by atoms with Gasteiger partial charge in [-0.3, -0.25) is 0 Å². The van der Waals surface area contributed by atoms with Crippen molar-refractivity contribution in [3.8, 4) is 11.1 Å². The Balaban J connectivity index is 2.45. The number of nitrogen functional groups attached to an aromatic ring is 1. The van der Waals surface area contributed by atoms with E-state index in [0.717, 1.165) is 22.0 Å². The third-order valence-electron chi connectivity index (χ3n) is 2.67. The molecule has 84 valence electrons. The van der Waals surface area contributed by atoms with Gasteiger partial charge in [-0.15, -0.1) is 0 Å². The first-order valence-electron chi connectivity index (χ1n) is 5.32. The van der Waals surface area contributed by atoms with Crippen LogP contribution in [0.3, 0.4) is 0 Å². The van der Waals surface area contributed by atoms with Gasteiger partial charge in [0.1, 0.15) is 5.82 Å². The average Bonchev–Trinajstić information content (AvgIpc) is 2.61. The Morgan fingerprint density at radius 1 is 1.12 bits per heavy atom. The van der Waals surface area contributed by atoms with Crippen molar-refractivity contribution in [2.75, 3.05) is 5.73 Å². The van der Waals surface area contributed by atoms with Crippen LogP contribution in [0.2, 0.25) is 5.02 Å². The van der Waals surface area contributed by atoms with Gasteiger partial charge in [0.15, 0.2) is 0 Å². The lowest BCUT2D eigenvalue weighted by Crippen LogP contribution is -2.04. The first kappa shape index (κ1) is 11.1. The number of nitrogens with zero attached hydrogens (tertiary/aromatic N) is 1. The smallest absolute Gasteiger partial charge is 0.111 e. The maximum absolute atomic E-state index is 6.10. The van der Waals surface area contributed by atoms with E-state index in [1.54, 1.807) is 0 Å². The molecule has 1 heterocycles. The maximum Gasteiger partial charge on any atom is 0.111 e. The highest BCUT2D eigenvalue weighted by molar-refractivity contribution is 6.30. The summed E-state index contributed by atoms with van der Waals surface area (Å²) in [6, 6.07) is 10.1. The van der Waals surface area contributed by atoms with Gasteiger partial charge in [0.2, 0.25) is 0 Å². The lowest BCUT2D eigenvalue weighted by atomic mass is 10.1. The molecule has 0 aliphatic heterocycles. The molecule has 1 aromatic carbocycles. The molecule has 0 spiro atoms. The molecule has 0 aliphatic rings. The SMILES string of the molecule is CC(C)n1ccc(-c2ccc(Cl)cc2)c1N.